The van der Waals surface area contributed by atoms with E-state index in [0.717, 1.165) is 43.9 Å². The van der Waals surface area contributed by atoms with Gasteiger partial charge in [-0.25, -0.2) is 0 Å². The van der Waals surface area contributed by atoms with Gasteiger partial charge in [-0.1, -0.05) is 6.07 Å². The van der Waals surface area contributed by atoms with Gasteiger partial charge >= 0.3 is 0 Å². The first-order valence-electron chi connectivity index (χ1n) is 9.48. The summed E-state index contributed by atoms with van der Waals surface area (Å²) < 4.78 is 14.2. The number of piperidine rings is 1. The zero-order chi connectivity index (χ0) is 18.0. The standard InChI is InChI=1S/C20H28N4O2/c1-16-5-3-6-18(22-16)13-25-19-9-20(26-14-19)7-4-8-24(15-20)12-17-10-21-23(2)11-17/h3,5-6,10-11,19H,4,7-9,12-15H2,1-2H3/t19-,20+/m1/s1. The fourth-order valence-corrected chi connectivity index (χ4v) is 4.21. The van der Waals surface area contributed by atoms with Crippen molar-refractivity contribution in [2.75, 3.05) is 19.7 Å². The lowest BCUT2D eigenvalue weighted by Crippen LogP contribution is -2.47. The Kier molecular flexibility index (Phi) is 5.07. The Morgan fingerprint density at radius 2 is 2.31 bits per heavy atom. The Labute approximate surface area is 155 Å². The van der Waals surface area contributed by atoms with Crippen molar-refractivity contribution in [1.82, 2.24) is 19.7 Å². The molecule has 0 N–H and O–H groups in total. The van der Waals surface area contributed by atoms with Gasteiger partial charge in [0.25, 0.3) is 0 Å². The van der Waals surface area contributed by atoms with E-state index >= 15 is 0 Å². The number of hydrogen-bond donors (Lipinski definition) is 0. The highest BCUT2D eigenvalue weighted by Crippen LogP contribution is 2.36. The maximum Gasteiger partial charge on any atom is 0.0892 e. The smallest absolute Gasteiger partial charge is 0.0892 e. The van der Waals surface area contributed by atoms with Gasteiger partial charge in [0.1, 0.15) is 0 Å². The van der Waals surface area contributed by atoms with Crippen LogP contribution in [0.3, 0.4) is 0 Å². The number of hydrogen-bond acceptors (Lipinski definition) is 5. The summed E-state index contributed by atoms with van der Waals surface area (Å²) in [6, 6.07) is 6.07. The second-order valence-corrected chi connectivity index (χ2v) is 7.74. The van der Waals surface area contributed by atoms with Crippen LogP contribution in [-0.2, 0) is 29.7 Å². The Morgan fingerprint density at radius 1 is 1.38 bits per heavy atom. The molecule has 0 radical (unpaired) electrons. The molecular weight excluding hydrogens is 328 g/mol. The molecule has 6 heteroatoms. The number of rotatable bonds is 5. The van der Waals surface area contributed by atoms with Gasteiger partial charge in [-0.2, -0.15) is 5.10 Å². The summed E-state index contributed by atoms with van der Waals surface area (Å²) in [4.78, 5) is 7.01. The zero-order valence-electron chi connectivity index (χ0n) is 15.7. The summed E-state index contributed by atoms with van der Waals surface area (Å²) in [6.07, 6.45) is 7.49. The van der Waals surface area contributed by atoms with Crippen LogP contribution in [-0.4, -0.2) is 51.1 Å². The highest BCUT2D eigenvalue weighted by Gasteiger charge is 2.43. The van der Waals surface area contributed by atoms with Crippen LogP contribution in [0.1, 0.15) is 36.2 Å². The molecule has 0 aromatic carbocycles. The van der Waals surface area contributed by atoms with Crippen LogP contribution < -0.4 is 0 Å². The molecule has 6 nitrogen and oxygen atoms in total. The van der Waals surface area contributed by atoms with Gasteiger partial charge in [-0.15, -0.1) is 0 Å². The minimum Gasteiger partial charge on any atom is -0.371 e. The lowest BCUT2D eigenvalue weighted by molar-refractivity contribution is -0.0548. The van der Waals surface area contributed by atoms with E-state index in [-0.39, 0.29) is 11.7 Å². The molecule has 2 aliphatic rings. The van der Waals surface area contributed by atoms with E-state index in [1.54, 1.807) is 0 Å². The summed E-state index contributed by atoms with van der Waals surface area (Å²) in [5, 5.41) is 4.28. The fraction of sp³-hybridized carbons (Fsp3) is 0.600. The number of ether oxygens (including phenoxy) is 2. The van der Waals surface area contributed by atoms with Crippen molar-refractivity contribution in [2.24, 2.45) is 7.05 Å². The van der Waals surface area contributed by atoms with Gasteiger partial charge in [-0.05, 0) is 38.4 Å². The molecule has 2 fully saturated rings. The van der Waals surface area contributed by atoms with E-state index in [2.05, 4.69) is 21.2 Å². The SMILES string of the molecule is Cc1cccc(CO[C@H]2CO[C@@]3(CCCN(Cc4cnn(C)c4)C3)C2)n1. The molecule has 2 aromatic rings. The van der Waals surface area contributed by atoms with Crippen molar-refractivity contribution in [3.8, 4) is 0 Å². The minimum atomic E-state index is -0.0504. The van der Waals surface area contributed by atoms with Gasteiger partial charge < -0.3 is 9.47 Å². The monoisotopic (exact) mass is 356 g/mol. The van der Waals surface area contributed by atoms with Crippen molar-refractivity contribution >= 4 is 0 Å². The van der Waals surface area contributed by atoms with Crippen LogP contribution in [0.4, 0.5) is 0 Å². The normalized spacial score (nSPS) is 26.6. The van der Waals surface area contributed by atoms with E-state index in [9.17, 15) is 0 Å². The molecule has 4 rings (SSSR count). The van der Waals surface area contributed by atoms with Crippen LogP contribution in [0.5, 0.6) is 0 Å². The molecule has 140 valence electrons. The van der Waals surface area contributed by atoms with E-state index in [0.29, 0.717) is 13.2 Å². The number of aromatic nitrogens is 3. The molecule has 0 unspecified atom stereocenters. The van der Waals surface area contributed by atoms with E-state index in [1.807, 2.05) is 43.0 Å². The number of nitrogens with zero attached hydrogens (tertiary/aromatic N) is 4. The van der Waals surface area contributed by atoms with E-state index in [4.69, 9.17) is 9.47 Å². The van der Waals surface area contributed by atoms with Crippen LogP contribution in [0.2, 0.25) is 0 Å². The third-order valence-corrected chi connectivity index (χ3v) is 5.37. The van der Waals surface area contributed by atoms with Gasteiger partial charge in [0, 0.05) is 44.0 Å². The zero-order valence-corrected chi connectivity index (χ0v) is 15.7. The third-order valence-electron chi connectivity index (χ3n) is 5.37. The molecular formula is C20H28N4O2. The summed E-state index contributed by atoms with van der Waals surface area (Å²) in [6.45, 7) is 6.30. The van der Waals surface area contributed by atoms with Gasteiger partial charge in [0.15, 0.2) is 0 Å². The second kappa shape index (κ2) is 7.47. The fourth-order valence-electron chi connectivity index (χ4n) is 4.21. The molecule has 26 heavy (non-hydrogen) atoms. The summed E-state index contributed by atoms with van der Waals surface area (Å²) in [5.41, 5.74) is 3.24. The third kappa shape index (κ3) is 4.14. The van der Waals surface area contributed by atoms with Crippen LogP contribution in [0, 0.1) is 6.92 Å². The van der Waals surface area contributed by atoms with Crippen molar-refractivity contribution in [3.63, 3.8) is 0 Å². The maximum absolute atomic E-state index is 6.27. The minimum absolute atomic E-state index is 0.0504. The highest BCUT2D eigenvalue weighted by molar-refractivity contribution is 5.09. The molecule has 2 aliphatic heterocycles. The molecule has 2 aromatic heterocycles. The van der Waals surface area contributed by atoms with Gasteiger partial charge in [-0.3, -0.25) is 14.6 Å². The molecule has 0 saturated carbocycles. The molecule has 4 heterocycles. The maximum atomic E-state index is 6.27. The summed E-state index contributed by atoms with van der Waals surface area (Å²) in [5.74, 6) is 0. The first kappa shape index (κ1) is 17.6. The molecule has 2 atom stereocenters. The number of pyridine rings is 1. The predicted octanol–water partition coefficient (Wildman–Crippen LogP) is 2.46. The molecule has 1 spiro atoms. The van der Waals surface area contributed by atoms with Gasteiger partial charge in [0.2, 0.25) is 0 Å². The quantitative estimate of drug-likeness (QED) is 0.824. The Bertz CT molecular complexity index is 747. The average Bonchev–Trinajstić information content (AvgIpc) is 3.20. The van der Waals surface area contributed by atoms with Crippen LogP contribution in [0.15, 0.2) is 30.6 Å². The van der Waals surface area contributed by atoms with Crippen LogP contribution in [0.25, 0.3) is 0 Å². The average molecular weight is 356 g/mol. The largest absolute Gasteiger partial charge is 0.371 e. The number of aryl methyl sites for hydroxylation is 2. The molecule has 0 aliphatic carbocycles. The Balaban J connectivity index is 1.31. The first-order valence-corrected chi connectivity index (χ1v) is 9.48. The lowest BCUT2D eigenvalue weighted by Gasteiger charge is -2.39. The van der Waals surface area contributed by atoms with Gasteiger partial charge in [0.05, 0.1) is 36.8 Å². The first-order chi connectivity index (χ1) is 12.6. The lowest BCUT2D eigenvalue weighted by atomic mass is 9.89. The molecule has 0 amide bonds. The predicted molar refractivity (Wildman–Crippen MR) is 98.6 cm³/mol. The van der Waals surface area contributed by atoms with Crippen LogP contribution >= 0.6 is 0 Å². The topological polar surface area (TPSA) is 52.4 Å². The number of likely N-dealkylation sites (tertiary alicyclic amines) is 1. The van der Waals surface area contributed by atoms with Crippen molar-refractivity contribution in [2.45, 2.75) is 51.0 Å². The molecule has 0 bridgehead atoms. The van der Waals surface area contributed by atoms with Crippen molar-refractivity contribution in [3.05, 3.63) is 47.5 Å². The second-order valence-electron chi connectivity index (χ2n) is 7.74. The van der Waals surface area contributed by atoms with E-state index < -0.39 is 0 Å². The summed E-state index contributed by atoms with van der Waals surface area (Å²) in [7, 11) is 1.96. The Morgan fingerprint density at radius 3 is 3.12 bits per heavy atom. The highest BCUT2D eigenvalue weighted by atomic mass is 16.6. The summed E-state index contributed by atoms with van der Waals surface area (Å²) >= 11 is 0. The van der Waals surface area contributed by atoms with Crippen molar-refractivity contribution in [1.29, 1.82) is 0 Å². The Hall–Kier alpha value is -1.76. The molecule has 2 saturated heterocycles. The van der Waals surface area contributed by atoms with Crippen molar-refractivity contribution < 1.29 is 9.47 Å². The van der Waals surface area contributed by atoms with E-state index in [1.165, 1.54) is 12.0 Å².